The van der Waals surface area contributed by atoms with Crippen molar-refractivity contribution in [3.8, 4) is 0 Å². The van der Waals surface area contributed by atoms with E-state index in [0.29, 0.717) is 0 Å². The Morgan fingerprint density at radius 1 is 0.787 bits per heavy atom. The van der Waals surface area contributed by atoms with Crippen molar-refractivity contribution in [2.45, 2.75) is 75.9 Å². The van der Waals surface area contributed by atoms with Crippen molar-refractivity contribution >= 4 is 27.5 Å². The summed E-state index contributed by atoms with van der Waals surface area (Å²) in [6.45, 7) is 3.16. The monoisotopic (exact) mass is 655 g/mol. The molecule has 246 valence electrons. The maximum absolute atomic E-state index is 15.3. The van der Waals surface area contributed by atoms with Crippen LogP contribution in [0.4, 0.5) is 10.1 Å². The van der Waals surface area contributed by atoms with E-state index >= 15 is 4.39 Å². The highest BCUT2D eigenvalue weighted by Crippen LogP contribution is 2.28. The Hall–Kier alpha value is -4.50. The average Bonchev–Trinajstić information content (AvgIpc) is 3.07. The van der Waals surface area contributed by atoms with Gasteiger partial charge in [-0.3, -0.25) is 13.9 Å². The fourth-order valence-corrected chi connectivity index (χ4v) is 7.42. The summed E-state index contributed by atoms with van der Waals surface area (Å²) in [5.74, 6) is -1.69. The molecule has 1 atom stereocenters. The van der Waals surface area contributed by atoms with Gasteiger partial charge in [0.2, 0.25) is 11.8 Å². The lowest BCUT2D eigenvalue weighted by molar-refractivity contribution is -0.140. The number of nitrogens with zero attached hydrogens (tertiary/aromatic N) is 2. The van der Waals surface area contributed by atoms with Gasteiger partial charge in [0.15, 0.2) is 0 Å². The maximum Gasteiger partial charge on any atom is 0.264 e. The molecule has 0 spiro atoms. The number of carbonyl (C=O) groups excluding carboxylic acids is 2. The van der Waals surface area contributed by atoms with Gasteiger partial charge < -0.3 is 10.2 Å². The lowest BCUT2D eigenvalue weighted by Crippen LogP contribution is -2.55. The van der Waals surface area contributed by atoms with E-state index in [-0.39, 0.29) is 35.5 Å². The normalized spacial score (nSPS) is 14.3. The Balaban J connectivity index is 1.56. The Morgan fingerprint density at radius 3 is 2.02 bits per heavy atom. The molecule has 1 aliphatic rings. The molecule has 1 fully saturated rings. The molecule has 2 amide bonds. The van der Waals surface area contributed by atoms with Crippen LogP contribution >= 0.6 is 0 Å². The topological polar surface area (TPSA) is 86.8 Å². The smallest absolute Gasteiger partial charge is 0.264 e. The first-order chi connectivity index (χ1) is 22.6. The molecule has 9 heteroatoms. The molecule has 4 aromatic rings. The number of para-hydroxylation sites is 1. The van der Waals surface area contributed by atoms with Crippen LogP contribution in [-0.4, -0.2) is 43.8 Å². The number of anilines is 1. The number of benzene rings is 4. The van der Waals surface area contributed by atoms with Gasteiger partial charge in [0.1, 0.15) is 18.4 Å². The molecule has 0 aromatic heterocycles. The molecule has 7 nitrogen and oxygen atoms in total. The third-order valence-electron chi connectivity index (χ3n) is 8.71. The minimum Gasteiger partial charge on any atom is -0.352 e. The van der Waals surface area contributed by atoms with Gasteiger partial charge in [-0.25, -0.2) is 12.8 Å². The average molecular weight is 656 g/mol. The lowest BCUT2D eigenvalue weighted by Gasteiger charge is -2.35. The number of sulfonamides is 1. The molecule has 0 bridgehead atoms. The molecule has 1 saturated carbocycles. The van der Waals surface area contributed by atoms with E-state index in [2.05, 4.69) is 5.32 Å². The van der Waals surface area contributed by atoms with Crippen LogP contribution in [0.15, 0.2) is 108 Å². The Labute approximate surface area is 277 Å². The molecule has 0 heterocycles. The highest BCUT2D eigenvalue weighted by atomic mass is 32.2. The SMILES string of the molecule is Cc1ccc(CN(C(=O)CN(c2ccccc2F)S(=O)(=O)c2ccc(C)cc2)[C@@H](Cc2ccccc2)C(=O)NC2CCCCC2)cc1. The van der Waals surface area contributed by atoms with Crippen molar-refractivity contribution in [1.29, 1.82) is 0 Å². The van der Waals surface area contributed by atoms with Crippen LogP contribution in [0, 0.1) is 19.7 Å². The second kappa shape index (κ2) is 15.4. The molecule has 0 radical (unpaired) electrons. The number of aryl methyl sites for hydroxylation is 2. The largest absolute Gasteiger partial charge is 0.352 e. The van der Waals surface area contributed by atoms with Crippen LogP contribution < -0.4 is 9.62 Å². The van der Waals surface area contributed by atoms with Crippen molar-refractivity contribution < 1.29 is 22.4 Å². The highest BCUT2D eigenvalue weighted by molar-refractivity contribution is 7.92. The first-order valence-corrected chi connectivity index (χ1v) is 17.6. The number of carbonyl (C=O) groups is 2. The molecule has 0 saturated heterocycles. The van der Waals surface area contributed by atoms with Gasteiger partial charge in [-0.2, -0.15) is 0 Å². The molecule has 0 aliphatic heterocycles. The lowest BCUT2D eigenvalue weighted by atomic mass is 9.94. The molecular weight excluding hydrogens is 614 g/mol. The third-order valence-corrected chi connectivity index (χ3v) is 10.5. The molecular formula is C38H42FN3O4S. The van der Waals surface area contributed by atoms with Crippen LogP contribution in [0.2, 0.25) is 0 Å². The third kappa shape index (κ3) is 8.65. The summed E-state index contributed by atoms with van der Waals surface area (Å²) in [6.07, 6.45) is 5.13. The Morgan fingerprint density at radius 2 is 1.38 bits per heavy atom. The number of halogens is 1. The second-order valence-electron chi connectivity index (χ2n) is 12.3. The summed E-state index contributed by atoms with van der Waals surface area (Å²) in [7, 11) is -4.38. The Kier molecular flexibility index (Phi) is 11.1. The van der Waals surface area contributed by atoms with Crippen molar-refractivity contribution in [2.24, 2.45) is 0 Å². The summed E-state index contributed by atoms with van der Waals surface area (Å²) >= 11 is 0. The van der Waals surface area contributed by atoms with Gasteiger partial charge in [0.25, 0.3) is 10.0 Å². The fourth-order valence-electron chi connectivity index (χ4n) is 5.99. The number of nitrogens with one attached hydrogen (secondary N) is 1. The molecule has 47 heavy (non-hydrogen) atoms. The maximum atomic E-state index is 15.3. The number of amides is 2. The van der Waals surface area contributed by atoms with Gasteiger partial charge in [-0.1, -0.05) is 109 Å². The number of hydrogen-bond donors (Lipinski definition) is 1. The highest BCUT2D eigenvalue weighted by Gasteiger charge is 2.36. The van der Waals surface area contributed by atoms with Crippen molar-refractivity contribution in [3.63, 3.8) is 0 Å². The van der Waals surface area contributed by atoms with E-state index < -0.39 is 34.3 Å². The van der Waals surface area contributed by atoms with Crippen LogP contribution in [0.25, 0.3) is 0 Å². The standard InChI is InChI=1S/C38H42FN3O4S/c1-28-17-21-31(22-18-28)26-41(36(25-30-11-5-3-6-12-30)38(44)40-32-13-7-4-8-14-32)37(43)27-42(35-16-10-9-15-34(35)39)47(45,46)33-23-19-29(2)20-24-33/h3,5-6,9-12,15-24,32,36H,4,7-8,13-14,25-27H2,1-2H3,(H,40,44)/t36-/m0/s1. The zero-order valence-corrected chi connectivity index (χ0v) is 27.8. The first kappa shape index (κ1) is 33.9. The van der Waals surface area contributed by atoms with E-state index in [1.807, 2.05) is 68.4 Å². The van der Waals surface area contributed by atoms with E-state index in [1.165, 1.54) is 35.2 Å². The van der Waals surface area contributed by atoms with Crippen molar-refractivity contribution in [3.05, 3.63) is 131 Å². The summed E-state index contributed by atoms with van der Waals surface area (Å²) in [4.78, 5) is 30.1. The van der Waals surface area contributed by atoms with E-state index in [9.17, 15) is 18.0 Å². The molecule has 1 aliphatic carbocycles. The molecule has 5 rings (SSSR count). The van der Waals surface area contributed by atoms with E-state index in [1.54, 1.807) is 12.1 Å². The van der Waals surface area contributed by atoms with Gasteiger partial charge in [-0.15, -0.1) is 0 Å². The predicted molar refractivity (Wildman–Crippen MR) is 183 cm³/mol. The van der Waals surface area contributed by atoms with Gasteiger partial charge >= 0.3 is 0 Å². The van der Waals surface area contributed by atoms with Gasteiger partial charge in [0.05, 0.1) is 10.6 Å². The summed E-state index contributed by atoms with van der Waals surface area (Å²) in [5, 5.41) is 3.20. The van der Waals surface area contributed by atoms with Crippen LogP contribution in [0.5, 0.6) is 0 Å². The first-order valence-electron chi connectivity index (χ1n) is 16.1. The minimum absolute atomic E-state index is 0.00248. The zero-order chi connectivity index (χ0) is 33.4. The van der Waals surface area contributed by atoms with Crippen LogP contribution in [-0.2, 0) is 32.6 Å². The van der Waals surface area contributed by atoms with Crippen LogP contribution in [0.1, 0.15) is 54.4 Å². The summed E-state index contributed by atoms with van der Waals surface area (Å²) in [6, 6.07) is 27.9. The van der Waals surface area contributed by atoms with Crippen molar-refractivity contribution in [2.75, 3.05) is 10.8 Å². The quantitative estimate of drug-likeness (QED) is 0.184. The number of hydrogen-bond acceptors (Lipinski definition) is 4. The second-order valence-corrected chi connectivity index (χ2v) is 14.2. The minimum atomic E-state index is -4.38. The van der Waals surface area contributed by atoms with Crippen molar-refractivity contribution in [1.82, 2.24) is 10.2 Å². The fraction of sp³-hybridized carbons (Fsp3) is 0.316. The molecule has 4 aromatic carbocycles. The Bertz CT molecular complexity index is 1760. The summed E-state index contributed by atoms with van der Waals surface area (Å²) < 4.78 is 44.4. The van der Waals surface area contributed by atoms with Gasteiger partial charge in [-0.05, 0) is 62.1 Å². The molecule has 0 unspecified atom stereocenters. The van der Waals surface area contributed by atoms with Gasteiger partial charge in [0, 0.05) is 19.0 Å². The predicted octanol–water partition coefficient (Wildman–Crippen LogP) is 6.73. The zero-order valence-electron chi connectivity index (χ0n) is 26.9. The van der Waals surface area contributed by atoms with Crippen LogP contribution in [0.3, 0.4) is 0 Å². The van der Waals surface area contributed by atoms with E-state index in [4.69, 9.17) is 0 Å². The number of rotatable bonds is 12. The van der Waals surface area contributed by atoms with E-state index in [0.717, 1.165) is 64.7 Å². The molecule has 1 N–H and O–H groups in total. The summed E-state index contributed by atoms with van der Waals surface area (Å²) in [5.41, 5.74) is 3.29.